The molecule has 1 aliphatic rings. The molecule has 33 heavy (non-hydrogen) atoms. The van der Waals surface area contributed by atoms with E-state index >= 15 is 0 Å². The van der Waals surface area contributed by atoms with E-state index in [1.807, 2.05) is 30.3 Å². The summed E-state index contributed by atoms with van der Waals surface area (Å²) in [6.07, 6.45) is 0. The molecule has 1 atom stereocenters. The average Bonchev–Trinajstić information content (AvgIpc) is 2.86. The second-order valence-corrected chi connectivity index (χ2v) is 7.52. The summed E-state index contributed by atoms with van der Waals surface area (Å²) < 4.78 is 10.9. The van der Waals surface area contributed by atoms with Crippen molar-refractivity contribution in [1.29, 1.82) is 0 Å². The highest BCUT2D eigenvalue weighted by Crippen LogP contribution is 2.23. The van der Waals surface area contributed by atoms with Crippen LogP contribution in [0.25, 0.3) is 0 Å². The molecule has 0 bridgehead atoms. The van der Waals surface area contributed by atoms with E-state index in [0.29, 0.717) is 24.6 Å². The summed E-state index contributed by atoms with van der Waals surface area (Å²) in [6.45, 7) is 4.51. The largest absolute Gasteiger partial charge is 0.497 e. The number of hydrogen-bond donors (Lipinski definition) is 3. The molecule has 9 heteroatoms. The van der Waals surface area contributed by atoms with Crippen LogP contribution in [0.2, 0.25) is 0 Å². The van der Waals surface area contributed by atoms with Gasteiger partial charge in [0.2, 0.25) is 0 Å². The van der Waals surface area contributed by atoms with Crippen LogP contribution in [-0.4, -0.2) is 70.8 Å². The Balaban J connectivity index is 0.00000385. The number of aliphatic imine (C=N–C) groups is 1. The number of morpholine rings is 1. The minimum absolute atomic E-state index is 0. The van der Waals surface area contributed by atoms with Gasteiger partial charge in [0.15, 0.2) is 5.96 Å². The van der Waals surface area contributed by atoms with E-state index in [1.165, 1.54) is 5.56 Å². The molecule has 1 heterocycles. The Bertz CT molecular complexity index is 901. The molecule has 1 amide bonds. The first kappa shape index (κ1) is 26.9. The number of nitrogens with zero attached hydrogens (tertiary/aromatic N) is 2. The molecular formula is C24H34IN5O3. The quantitative estimate of drug-likeness (QED) is 0.258. The van der Waals surface area contributed by atoms with Crippen molar-refractivity contribution in [3.63, 3.8) is 0 Å². The van der Waals surface area contributed by atoms with E-state index < -0.39 is 0 Å². The number of guanidine groups is 1. The highest BCUT2D eigenvalue weighted by atomic mass is 127. The number of amides is 1. The Morgan fingerprint density at radius 3 is 2.52 bits per heavy atom. The van der Waals surface area contributed by atoms with Crippen LogP contribution in [0.3, 0.4) is 0 Å². The maximum absolute atomic E-state index is 11.9. The molecular weight excluding hydrogens is 533 g/mol. The predicted octanol–water partition coefficient (Wildman–Crippen LogP) is 2.41. The lowest BCUT2D eigenvalue weighted by molar-refractivity contribution is 0.0170. The van der Waals surface area contributed by atoms with Crippen LogP contribution in [-0.2, 0) is 11.3 Å². The number of nitrogens with one attached hydrogen (secondary N) is 3. The number of carbonyl (C=O) groups is 1. The fourth-order valence-electron chi connectivity index (χ4n) is 3.74. The molecule has 1 unspecified atom stereocenters. The number of methoxy groups -OCH3 is 1. The maximum Gasteiger partial charge on any atom is 0.251 e. The number of ether oxygens (including phenoxy) is 2. The van der Waals surface area contributed by atoms with Crippen molar-refractivity contribution < 1.29 is 14.3 Å². The third-order valence-corrected chi connectivity index (χ3v) is 5.55. The van der Waals surface area contributed by atoms with Crippen molar-refractivity contribution in [2.75, 3.05) is 54.1 Å². The first-order valence-corrected chi connectivity index (χ1v) is 10.9. The topological polar surface area (TPSA) is 87.2 Å². The summed E-state index contributed by atoms with van der Waals surface area (Å²) in [5.41, 5.74) is 2.87. The summed E-state index contributed by atoms with van der Waals surface area (Å²) in [7, 11) is 5.07. The molecule has 1 saturated heterocycles. The van der Waals surface area contributed by atoms with E-state index in [9.17, 15) is 4.79 Å². The zero-order chi connectivity index (χ0) is 22.8. The van der Waals surface area contributed by atoms with E-state index in [1.54, 1.807) is 27.3 Å². The lowest BCUT2D eigenvalue weighted by Gasteiger charge is -2.35. The highest BCUT2D eigenvalue weighted by Gasteiger charge is 2.23. The average molecular weight is 567 g/mol. The van der Waals surface area contributed by atoms with Crippen LogP contribution in [0, 0.1) is 0 Å². The fourth-order valence-corrected chi connectivity index (χ4v) is 3.74. The zero-order valence-corrected chi connectivity index (χ0v) is 21.8. The third kappa shape index (κ3) is 7.86. The molecule has 3 rings (SSSR count). The third-order valence-electron chi connectivity index (χ3n) is 5.55. The van der Waals surface area contributed by atoms with Crippen molar-refractivity contribution in [1.82, 2.24) is 20.9 Å². The lowest BCUT2D eigenvalue weighted by Crippen LogP contribution is -2.46. The van der Waals surface area contributed by atoms with Gasteiger partial charge in [0.1, 0.15) is 5.75 Å². The second-order valence-electron chi connectivity index (χ2n) is 7.52. The molecule has 0 spiro atoms. The summed E-state index contributed by atoms with van der Waals surface area (Å²) in [4.78, 5) is 18.7. The molecule has 8 nitrogen and oxygen atoms in total. The highest BCUT2D eigenvalue weighted by molar-refractivity contribution is 14.0. The molecule has 0 radical (unpaired) electrons. The van der Waals surface area contributed by atoms with Crippen LogP contribution in [0.4, 0.5) is 0 Å². The SMILES string of the molecule is CN=C(NCc1cccc(C(=O)NC)c1)NCC(c1ccc(OC)cc1)N1CCOCC1.I. The Hall–Kier alpha value is -2.37. The number of carbonyl (C=O) groups excluding carboxylic acids is 1. The summed E-state index contributed by atoms with van der Waals surface area (Å²) >= 11 is 0. The molecule has 2 aromatic carbocycles. The van der Waals surface area contributed by atoms with Gasteiger partial charge >= 0.3 is 0 Å². The molecule has 2 aromatic rings. The minimum Gasteiger partial charge on any atom is -0.497 e. The lowest BCUT2D eigenvalue weighted by atomic mass is 10.0. The summed E-state index contributed by atoms with van der Waals surface area (Å²) in [5.74, 6) is 1.46. The molecule has 0 aromatic heterocycles. The van der Waals surface area contributed by atoms with Gasteiger partial charge in [0.25, 0.3) is 5.91 Å². The van der Waals surface area contributed by atoms with Gasteiger partial charge in [-0.05, 0) is 35.4 Å². The van der Waals surface area contributed by atoms with Crippen LogP contribution < -0.4 is 20.7 Å². The van der Waals surface area contributed by atoms with Crippen LogP contribution in [0.1, 0.15) is 27.5 Å². The van der Waals surface area contributed by atoms with Gasteiger partial charge in [-0.15, -0.1) is 24.0 Å². The van der Waals surface area contributed by atoms with Gasteiger partial charge in [-0.1, -0.05) is 24.3 Å². The van der Waals surface area contributed by atoms with Crippen LogP contribution in [0.5, 0.6) is 5.75 Å². The Morgan fingerprint density at radius 2 is 1.88 bits per heavy atom. The zero-order valence-electron chi connectivity index (χ0n) is 19.5. The monoisotopic (exact) mass is 567 g/mol. The van der Waals surface area contributed by atoms with E-state index in [0.717, 1.165) is 37.6 Å². The van der Waals surface area contributed by atoms with Gasteiger partial charge in [0, 0.05) is 45.8 Å². The van der Waals surface area contributed by atoms with Crippen molar-refractivity contribution >= 4 is 35.8 Å². The first-order valence-electron chi connectivity index (χ1n) is 10.9. The number of benzene rings is 2. The van der Waals surface area contributed by atoms with Crippen molar-refractivity contribution in [3.05, 3.63) is 65.2 Å². The fraction of sp³-hybridized carbons (Fsp3) is 0.417. The normalized spacial score (nSPS) is 15.2. The van der Waals surface area contributed by atoms with Crippen LogP contribution >= 0.6 is 24.0 Å². The molecule has 1 aliphatic heterocycles. The van der Waals surface area contributed by atoms with Crippen molar-refractivity contribution in [3.8, 4) is 5.75 Å². The standard InChI is InChI=1S/C24H33N5O3.HI/c1-25-23(30)20-6-4-5-18(15-20)16-27-24(26-2)28-17-22(29-11-13-32-14-12-29)19-7-9-21(31-3)10-8-19;/h4-10,15,22H,11-14,16-17H2,1-3H3,(H,25,30)(H2,26,27,28);1H. The Labute approximate surface area is 213 Å². The molecule has 3 N–H and O–H groups in total. The first-order chi connectivity index (χ1) is 15.6. The van der Waals surface area contributed by atoms with E-state index in [2.05, 4.69) is 38.0 Å². The molecule has 0 aliphatic carbocycles. The van der Waals surface area contributed by atoms with E-state index in [-0.39, 0.29) is 35.9 Å². The van der Waals surface area contributed by atoms with Gasteiger partial charge in [-0.25, -0.2) is 0 Å². The molecule has 1 fully saturated rings. The van der Waals surface area contributed by atoms with E-state index in [4.69, 9.17) is 9.47 Å². The Morgan fingerprint density at radius 1 is 1.15 bits per heavy atom. The van der Waals surface area contributed by atoms with Gasteiger partial charge in [-0.3, -0.25) is 14.7 Å². The van der Waals surface area contributed by atoms with Crippen molar-refractivity contribution in [2.45, 2.75) is 12.6 Å². The number of hydrogen-bond acceptors (Lipinski definition) is 5. The predicted molar refractivity (Wildman–Crippen MR) is 142 cm³/mol. The molecule has 0 saturated carbocycles. The summed E-state index contributed by atoms with van der Waals surface area (Å²) in [5, 5.41) is 9.45. The number of halogens is 1. The summed E-state index contributed by atoms with van der Waals surface area (Å²) in [6, 6.07) is 16.0. The maximum atomic E-state index is 11.9. The van der Waals surface area contributed by atoms with Crippen LogP contribution in [0.15, 0.2) is 53.5 Å². The minimum atomic E-state index is -0.0952. The van der Waals surface area contributed by atoms with Crippen molar-refractivity contribution in [2.24, 2.45) is 4.99 Å². The Kier molecular flexibility index (Phi) is 11.4. The smallest absolute Gasteiger partial charge is 0.251 e. The molecule has 180 valence electrons. The van der Waals surface area contributed by atoms with Gasteiger partial charge in [-0.2, -0.15) is 0 Å². The van der Waals surface area contributed by atoms with Gasteiger partial charge < -0.3 is 25.4 Å². The van der Waals surface area contributed by atoms with Gasteiger partial charge in [0.05, 0.1) is 26.4 Å². The number of rotatable bonds is 8. The second kappa shape index (κ2) is 14.0.